The zero-order chi connectivity index (χ0) is 16.1. The lowest BCUT2D eigenvalue weighted by molar-refractivity contribution is -0.118. The van der Waals surface area contributed by atoms with E-state index in [2.05, 4.69) is 10.5 Å². The largest absolute Gasteiger partial charge is 0.484 e. The first kappa shape index (κ1) is 14.8. The van der Waals surface area contributed by atoms with Crippen LogP contribution >= 0.6 is 0 Å². The number of carbonyl (C=O) groups excluding carboxylic acids is 1. The molecule has 0 aliphatic carbocycles. The van der Waals surface area contributed by atoms with Crippen LogP contribution in [-0.2, 0) is 4.79 Å². The van der Waals surface area contributed by atoms with Crippen molar-refractivity contribution in [1.29, 1.82) is 0 Å². The van der Waals surface area contributed by atoms with Crippen molar-refractivity contribution in [3.8, 4) is 17.0 Å². The van der Waals surface area contributed by atoms with Crippen LogP contribution in [0.2, 0.25) is 0 Å². The second kappa shape index (κ2) is 6.79. The molecule has 1 aromatic heterocycles. The third-order valence-corrected chi connectivity index (χ3v) is 3.20. The molecule has 5 heteroatoms. The van der Waals surface area contributed by atoms with Crippen LogP contribution in [0.1, 0.15) is 5.56 Å². The summed E-state index contributed by atoms with van der Waals surface area (Å²) in [6.45, 7) is 1.87. The molecule has 1 heterocycles. The predicted octanol–water partition coefficient (Wildman–Crippen LogP) is 3.67. The van der Waals surface area contributed by atoms with Crippen LogP contribution in [0.3, 0.4) is 0 Å². The van der Waals surface area contributed by atoms with E-state index in [0.717, 1.165) is 11.1 Å². The molecule has 0 atom stereocenters. The molecular weight excluding hydrogens is 292 g/mol. The maximum atomic E-state index is 11.9. The smallest absolute Gasteiger partial charge is 0.264 e. The van der Waals surface area contributed by atoms with Crippen LogP contribution in [-0.4, -0.2) is 17.7 Å². The summed E-state index contributed by atoms with van der Waals surface area (Å²) in [6, 6.07) is 18.8. The van der Waals surface area contributed by atoms with Crippen LogP contribution in [0.15, 0.2) is 65.2 Å². The number of ether oxygens (including phenoxy) is 1. The number of hydrogen-bond donors (Lipinski definition) is 1. The highest BCUT2D eigenvalue weighted by molar-refractivity contribution is 5.91. The molecular formula is C18H16N2O3. The Morgan fingerprint density at radius 2 is 1.96 bits per heavy atom. The lowest BCUT2D eigenvalue weighted by Gasteiger charge is -2.05. The van der Waals surface area contributed by atoms with Gasteiger partial charge in [-0.15, -0.1) is 0 Å². The van der Waals surface area contributed by atoms with E-state index < -0.39 is 0 Å². The summed E-state index contributed by atoms with van der Waals surface area (Å²) in [5.74, 6) is 0.645. The van der Waals surface area contributed by atoms with E-state index in [-0.39, 0.29) is 12.5 Å². The molecule has 0 fully saturated rings. The predicted molar refractivity (Wildman–Crippen MR) is 87.2 cm³/mol. The Labute approximate surface area is 133 Å². The van der Waals surface area contributed by atoms with Crippen molar-refractivity contribution in [3.05, 3.63) is 66.2 Å². The third-order valence-electron chi connectivity index (χ3n) is 3.20. The maximum Gasteiger partial charge on any atom is 0.264 e. The Morgan fingerprint density at radius 1 is 1.13 bits per heavy atom. The standard InChI is InChI=1S/C18H16N2O3/c1-13-6-5-9-15(10-13)22-12-17(21)19-18-11-16(20-23-18)14-7-3-2-4-8-14/h2-11H,12H2,1H3,(H,19,21). The number of nitrogens with one attached hydrogen (secondary N) is 1. The van der Waals surface area contributed by atoms with Crippen molar-refractivity contribution in [2.75, 3.05) is 11.9 Å². The number of anilines is 1. The fraction of sp³-hybridized carbons (Fsp3) is 0.111. The topological polar surface area (TPSA) is 64.4 Å². The number of rotatable bonds is 5. The minimum Gasteiger partial charge on any atom is -0.484 e. The molecule has 0 aliphatic heterocycles. The Hall–Kier alpha value is -3.08. The second-order valence-electron chi connectivity index (χ2n) is 5.10. The van der Waals surface area contributed by atoms with Gasteiger partial charge in [0.25, 0.3) is 5.91 Å². The zero-order valence-electron chi connectivity index (χ0n) is 12.7. The van der Waals surface area contributed by atoms with Gasteiger partial charge in [0.2, 0.25) is 5.88 Å². The fourth-order valence-corrected chi connectivity index (χ4v) is 2.11. The van der Waals surface area contributed by atoms with Gasteiger partial charge in [-0.25, -0.2) is 0 Å². The number of aryl methyl sites for hydroxylation is 1. The summed E-state index contributed by atoms with van der Waals surface area (Å²) in [5.41, 5.74) is 2.67. The fourth-order valence-electron chi connectivity index (χ4n) is 2.11. The molecule has 0 radical (unpaired) electrons. The molecule has 0 saturated carbocycles. The van der Waals surface area contributed by atoms with Crippen LogP contribution in [0, 0.1) is 6.92 Å². The summed E-state index contributed by atoms with van der Waals surface area (Å²) < 4.78 is 10.6. The Bertz CT molecular complexity index is 797. The van der Waals surface area contributed by atoms with Gasteiger partial charge in [0.05, 0.1) is 0 Å². The Morgan fingerprint density at radius 3 is 2.74 bits per heavy atom. The molecule has 0 saturated heterocycles. The molecule has 0 aliphatic rings. The van der Waals surface area contributed by atoms with E-state index in [1.807, 2.05) is 61.5 Å². The lowest BCUT2D eigenvalue weighted by Crippen LogP contribution is -2.19. The van der Waals surface area contributed by atoms with E-state index in [4.69, 9.17) is 9.26 Å². The number of carbonyl (C=O) groups is 1. The van der Waals surface area contributed by atoms with Crippen molar-refractivity contribution in [2.45, 2.75) is 6.92 Å². The number of amides is 1. The van der Waals surface area contributed by atoms with Crippen molar-refractivity contribution in [1.82, 2.24) is 5.16 Å². The molecule has 2 aromatic carbocycles. The van der Waals surface area contributed by atoms with Gasteiger partial charge in [-0.1, -0.05) is 47.6 Å². The zero-order valence-corrected chi connectivity index (χ0v) is 12.7. The quantitative estimate of drug-likeness (QED) is 0.781. The normalized spacial score (nSPS) is 10.3. The molecule has 5 nitrogen and oxygen atoms in total. The summed E-state index contributed by atoms with van der Waals surface area (Å²) in [7, 11) is 0. The van der Waals surface area contributed by atoms with E-state index in [1.165, 1.54) is 0 Å². The first-order chi connectivity index (χ1) is 11.2. The van der Waals surface area contributed by atoms with Crippen molar-refractivity contribution in [2.24, 2.45) is 0 Å². The lowest BCUT2D eigenvalue weighted by atomic mass is 10.2. The summed E-state index contributed by atoms with van der Waals surface area (Å²) >= 11 is 0. The molecule has 1 amide bonds. The van der Waals surface area contributed by atoms with Gasteiger partial charge < -0.3 is 9.26 Å². The van der Waals surface area contributed by atoms with Gasteiger partial charge in [-0.05, 0) is 24.6 Å². The number of aromatic nitrogens is 1. The minimum atomic E-state index is -0.303. The van der Waals surface area contributed by atoms with Crippen LogP contribution in [0.5, 0.6) is 5.75 Å². The first-order valence-electron chi connectivity index (χ1n) is 7.22. The van der Waals surface area contributed by atoms with Crippen molar-refractivity contribution >= 4 is 11.8 Å². The minimum absolute atomic E-state index is 0.0924. The molecule has 3 rings (SSSR count). The molecule has 116 valence electrons. The third kappa shape index (κ3) is 3.97. The van der Waals surface area contributed by atoms with E-state index >= 15 is 0 Å². The molecule has 0 bridgehead atoms. The van der Waals surface area contributed by atoms with Crippen molar-refractivity contribution < 1.29 is 14.1 Å². The number of nitrogens with zero attached hydrogens (tertiary/aromatic N) is 1. The Kier molecular flexibility index (Phi) is 4.38. The maximum absolute atomic E-state index is 11.9. The van der Waals surface area contributed by atoms with E-state index in [0.29, 0.717) is 17.3 Å². The van der Waals surface area contributed by atoms with Crippen molar-refractivity contribution in [3.63, 3.8) is 0 Å². The number of hydrogen-bond acceptors (Lipinski definition) is 4. The molecule has 0 unspecified atom stereocenters. The molecule has 3 aromatic rings. The van der Waals surface area contributed by atoms with Crippen LogP contribution in [0.25, 0.3) is 11.3 Å². The summed E-state index contributed by atoms with van der Waals surface area (Å²) in [4.78, 5) is 11.9. The second-order valence-corrected chi connectivity index (χ2v) is 5.10. The monoisotopic (exact) mass is 308 g/mol. The highest BCUT2D eigenvalue weighted by atomic mass is 16.5. The molecule has 0 spiro atoms. The summed E-state index contributed by atoms with van der Waals surface area (Å²) in [5, 5.41) is 6.56. The molecule has 23 heavy (non-hydrogen) atoms. The van der Waals surface area contributed by atoms with E-state index in [9.17, 15) is 4.79 Å². The first-order valence-corrected chi connectivity index (χ1v) is 7.22. The average Bonchev–Trinajstić information content (AvgIpc) is 3.02. The van der Waals surface area contributed by atoms with E-state index in [1.54, 1.807) is 6.07 Å². The summed E-state index contributed by atoms with van der Waals surface area (Å²) in [6.07, 6.45) is 0. The van der Waals surface area contributed by atoms with Gasteiger partial charge in [0.1, 0.15) is 11.4 Å². The Balaban J connectivity index is 1.57. The van der Waals surface area contributed by atoms with Gasteiger partial charge in [0.15, 0.2) is 6.61 Å². The van der Waals surface area contributed by atoms with Gasteiger partial charge in [-0.2, -0.15) is 0 Å². The van der Waals surface area contributed by atoms with Crippen LogP contribution in [0.4, 0.5) is 5.88 Å². The number of benzene rings is 2. The highest BCUT2D eigenvalue weighted by Gasteiger charge is 2.10. The van der Waals surface area contributed by atoms with Gasteiger partial charge >= 0.3 is 0 Å². The highest BCUT2D eigenvalue weighted by Crippen LogP contribution is 2.21. The van der Waals surface area contributed by atoms with Gasteiger partial charge in [0, 0.05) is 11.6 Å². The molecule has 1 N–H and O–H groups in total. The van der Waals surface area contributed by atoms with Gasteiger partial charge in [-0.3, -0.25) is 10.1 Å². The average molecular weight is 308 g/mol. The van der Waals surface area contributed by atoms with Crippen LogP contribution < -0.4 is 10.1 Å². The SMILES string of the molecule is Cc1cccc(OCC(=O)Nc2cc(-c3ccccc3)no2)c1.